The zero-order chi connectivity index (χ0) is 19.8. The summed E-state index contributed by atoms with van der Waals surface area (Å²) in [6, 6.07) is 10.5. The summed E-state index contributed by atoms with van der Waals surface area (Å²) >= 11 is 1.59. The summed E-state index contributed by atoms with van der Waals surface area (Å²) in [7, 11) is 0. The van der Waals surface area contributed by atoms with Gasteiger partial charge in [0.05, 0.1) is 6.54 Å². The maximum atomic E-state index is 12.0. The van der Waals surface area contributed by atoms with Crippen LogP contribution in [0.1, 0.15) is 50.0 Å². The molecular formula is C21H31IN4O2S. The highest BCUT2D eigenvalue weighted by atomic mass is 127. The van der Waals surface area contributed by atoms with Crippen LogP contribution < -0.4 is 16.0 Å². The molecule has 4 N–H and O–H groups in total. The Morgan fingerprint density at radius 2 is 2.03 bits per heavy atom. The molecule has 8 heteroatoms. The molecule has 2 aromatic rings. The van der Waals surface area contributed by atoms with Crippen LogP contribution in [0.15, 0.2) is 35.3 Å². The van der Waals surface area contributed by atoms with Crippen LogP contribution in [0, 0.1) is 0 Å². The Morgan fingerprint density at radius 3 is 2.76 bits per heavy atom. The molecule has 1 unspecified atom stereocenters. The summed E-state index contributed by atoms with van der Waals surface area (Å²) in [6.45, 7) is 3.51. The topological polar surface area (TPSA) is 85.8 Å². The number of aliphatic hydroxyl groups is 1. The largest absolute Gasteiger partial charge is 0.386 e. The van der Waals surface area contributed by atoms with Gasteiger partial charge in [0.1, 0.15) is 6.10 Å². The number of thiophene rings is 1. The molecule has 0 bridgehead atoms. The van der Waals surface area contributed by atoms with E-state index in [4.69, 9.17) is 0 Å². The van der Waals surface area contributed by atoms with E-state index < -0.39 is 6.10 Å². The Morgan fingerprint density at radius 1 is 1.28 bits per heavy atom. The van der Waals surface area contributed by atoms with Crippen LogP contribution >= 0.6 is 35.3 Å². The van der Waals surface area contributed by atoms with E-state index in [9.17, 15) is 9.90 Å². The number of aliphatic hydroxyl groups excluding tert-OH is 1. The second-order valence-corrected chi connectivity index (χ2v) is 8.26. The minimum absolute atomic E-state index is 0. The fourth-order valence-corrected chi connectivity index (χ4v) is 4.48. The maximum Gasteiger partial charge on any atom is 0.221 e. The van der Waals surface area contributed by atoms with E-state index in [0.717, 1.165) is 29.6 Å². The van der Waals surface area contributed by atoms with E-state index in [1.165, 1.54) is 17.5 Å². The molecule has 29 heavy (non-hydrogen) atoms. The number of rotatable bonds is 8. The Bertz CT molecular complexity index is 772. The first-order valence-corrected chi connectivity index (χ1v) is 11.0. The van der Waals surface area contributed by atoms with Crippen molar-refractivity contribution in [2.24, 2.45) is 4.99 Å². The van der Waals surface area contributed by atoms with E-state index in [1.54, 1.807) is 11.3 Å². The van der Waals surface area contributed by atoms with Gasteiger partial charge in [0.25, 0.3) is 0 Å². The molecule has 0 spiro atoms. The average molecular weight is 530 g/mol. The third kappa shape index (κ3) is 7.42. The van der Waals surface area contributed by atoms with Crippen molar-refractivity contribution in [3.63, 3.8) is 0 Å². The molecule has 1 aliphatic carbocycles. The number of guanidine groups is 1. The summed E-state index contributed by atoms with van der Waals surface area (Å²) < 4.78 is 1.17. The second kappa shape index (κ2) is 12.3. The SMILES string of the molecule is CCNC(=NCC(O)c1cc2ccccc2s1)NCCC(=O)NC1CCCC1.I. The molecule has 1 aromatic carbocycles. The van der Waals surface area contributed by atoms with Gasteiger partial charge < -0.3 is 21.1 Å². The molecule has 160 valence electrons. The smallest absolute Gasteiger partial charge is 0.221 e. The number of hydrogen-bond donors (Lipinski definition) is 4. The lowest BCUT2D eigenvalue weighted by Crippen LogP contribution is -2.40. The van der Waals surface area contributed by atoms with Gasteiger partial charge in [-0.3, -0.25) is 9.79 Å². The Balaban J connectivity index is 0.00000300. The number of nitrogens with one attached hydrogen (secondary N) is 3. The van der Waals surface area contributed by atoms with Crippen LogP contribution in [0.2, 0.25) is 0 Å². The number of hydrogen-bond acceptors (Lipinski definition) is 4. The quantitative estimate of drug-likeness (QED) is 0.239. The minimum atomic E-state index is -0.640. The fourth-order valence-electron chi connectivity index (χ4n) is 3.44. The van der Waals surface area contributed by atoms with Crippen LogP contribution in [0.3, 0.4) is 0 Å². The second-order valence-electron chi connectivity index (χ2n) is 7.15. The number of nitrogens with zero attached hydrogens (tertiary/aromatic N) is 1. The van der Waals surface area contributed by atoms with Gasteiger partial charge in [-0.25, -0.2) is 0 Å². The van der Waals surface area contributed by atoms with Crippen molar-refractivity contribution in [1.82, 2.24) is 16.0 Å². The van der Waals surface area contributed by atoms with Crippen molar-refractivity contribution in [3.8, 4) is 0 Å². The van der Waals surface area contributed by atoms with Gasteiger partial charge >= 0.3 is 0 Å². The highest BCUT2D eigenvalue weighted by Crippen LogP contribution is 2.29. The van der Waals surface area contributed by atoms with E-state index >= 15 is 0 Å². The van der Waals surface area contributed by atoms with Crippen LogP contribution in [0.5, 0.6) is 0 Å². The van der Waals surface area contributed by atoms with Crippen molar-refractivity contribution in [2.45, 2.75) is 51.2 Å². The van der Waals surface area contributed by atoms with Gasteiger partial charge in [-0.15, -0.1) is 35.3 Å². The first-order chi connectivity index (χ1) is 13.7. The molecule has 1 aromatic heterocycles. The fraction of sp³-hybridized carbons (Fsp3) is 0.524. The molecule has 6 nitrogen and oxygen atoms in total. The number of carbonyl (C=O) groups is 1. The number of halogens is 1. The van der Waals surface area contributed by atoms with Crippen LogP contribution in [0.25, 0.3) is 10.1 Å². The molecule has 0 radical (unpaired) electrons. The summed E-state index contributed by atoms with van der Waals surface area (Å²) in [5, 5.41) is 21.1. The third-order valence-electron chi connectivity index (χ3n) is 4.90. The van der Waals surface area contributed by atoms with Crippen molar-refractivity contribution in [2.75, 3.05) is 19.6 Å². The third-order valence-corrected chi connectivity index (χ3v) is 6.12. The number of carbonyl (C=O) groups excluding carboxylic acids is 1. The minimum Gasteiger partial charge on any atom is -0.386 e. The molecule has 3 rings (SSSR count). The van der Waals surface area contributed by atoms with Gasteiger partial charge in [-0.1, -0.05) is 31.0 Å². The van der Waals surface area contributed by atoms with Gasteiger partial charge in [-0.2, -0.15) is 0 Å². The van der Waals surface area contributed by atoms with Crippen molar-refractivity contribution in [3.05, 3.63) is 35.2 Å². The number of benzene rings is 1. The summed E-state index contributed by atoms with van der Waals surface area (Å²) in [5.74, 6) is 0.705. The lowest BCUT2D eigenvalue weighted by atomic mass is 10.2. The number of amides is 1. The first-order valence-electron chi connectivity index (χ1n) is 10.1. The molecule has 0 aliphatic heterocycles. The predicted molar refractivity (Wildman–Crippen MR) is 131 cm³/mol. The summed E-state index contributed by atoms with van der Waals surface area (Å²) in [5.41, 5.74) is 0. The van der Waals surface area contributed by atoms with Gasteiger partial charge in [0, 0.05) is 35.1 Å². The van der Waals surface area contributed by atoms with Crippen LogP contribution in [0.4, 0.5) is 0 Å². The number of fused-ring (bicyclic) bond motifs is 1. The van der Waals surface area contributed by atoms with Gasteiger partial charge in [0.15, 0.2) is 5.96 Å². The first kappa shape index (κ1) is 23.9. The van der Waals surface area contributed by atoms with Crippen molar-refractivity contribution in [1.29, 1.82) is 0 Å². The Hall–Kier alpha value is -1.39. The molecule has 1 amide bonds. The van der Waals surface area contributed by atoms with E-state index in [2.05, 4.69) is 27.0 Å². The Labute approximate surface area is 193 Å². The highest BCUT2D eigenvalue weighted by molar-refractivity contribution is 14.0. The van der Waals surface area contributed by atoms with Crippen molar-refractivity contribution >= 4 is 57.3 Å². The van der Waals surface area contributed by atoms with Gasteiger partial charge in [0.2, 0.25) is 5.91 Å². The summed E-state index contributed by atoms with van der Waals surface area (Å²) in [4.78, 5) is 17.4. The van der Waals surface area contributed by atoms with Crippen LogP contribution in [-0.2, 0) is 4.79 Å². The Kier molecular flexibility index (Phi) is 10.2. The normalized spacial score (nSPS) is 15.7. The maximum absolute atomic E-state index is 12.0. The molecular weight excluding hydrogens is 499 g/mol. The molecule has 0 saturated heterocycles. The number of aliphatic imine (C=N–C) groups is 1. The van der Waals surface area contributed by atoms with E-state index in [-0.39, 0.29) is 36.4 Å². The lowest BCUT2D eigenvalue weighted by Gasteiger charge is -2.14. The molecule has 1 aliphatic rings. The zero-order valence-electron chi connectivity index (χ0n) is 16.8. The summed E-state index contributed by atoms with van der Waals surface area (Å²) in [6.07, 6.45) is 4.39. The van der Waals surface area contributed by atoms with E-state index in [0.29, 0.717) is 25.0 Å². The van der Waals surface area contributed by atoms with Crippen LogP contribution in [-0.4, -0.2) is 42.6 Å². The standard InChI is InChI=1S/C21H30N4O2S.HI/c1-2-22-21(23-12-11-20(27)25-16-8-4-5-9-16)24-14-17(26)19-13-15-7-3-6-10-18(15)28-19;/h3,6-7,10,13,16-17,26H,2,4-5,8-9,11-12,14H2,1H3,(H,25,27)(H2,22,23,24);1H. The molecule has 1 heterocycles. The average Bonchev–Trinajstić information content (AvgIpc) is 3.35. The van der Waals surface area contributed by atoms with Gasteiger partial charge in [-0.05, 0) is 37.3 Å². The predicted octanol–water partition coefficient (Wildman–Crippen LogP) is 3.56. The monoisotopic (exact) mass is 530 g/mol. The van der Waals surface area contributed by atoms with Crippen molar-refractivity contribution < 1.29 is 9.90 Å². The lowest BCUT2D eigenvalue weighted by molar-refractivity contribution is -0.121. The zero-order valence-corrected chi connectivity index (χ0v) is 20.0. The molecule has 1 atom stereocenters. The molecule has 1 saturated carbocycles. The highest BCUT2D eigenvalue weighted by Gasteiger charge is 2.17. The van der Waals surface area contributed by atoms with E-state index in [1.807, 2.05) is 31.2 Å². The molecule has 1 fully saturated rings.